The Morgan fingerprint density at radius 1 is 1.06 bits per heavy atom. The first-order valence-corrected chi connectivity index (χ1v) is 13.7. The van der Waals surface area contributed by atoms with Crippen molar-refractivity contribution in [3.8, 4) is 0 Å². The van der Waals surface area contributed by atoms with Crippen LogP contribution in [0.2, 0.25) is 0 Å². The van der Waals surface area contributed by atoms with Gasteiger partial charge in [-0.25, -0.2) is 0 Å². The fourth-order valence-corrected chi connectivity index (χ4v) is 8.55. The molecule has 33 heavy (non-hydrogen) atoms. The number of rotatable bonds is 5. The molecule has 1 N–H and O–H groups in total. The van der Waals surface area contributed by atoms with Crippen LogP contribution in [0.1, 0.15) is 99.8 Å². The van der Waals surface area contributed by atoms with Crippen LogP contribution in [0.15, 0.2) is 23.8 Å². The maximum Gasteiger partial charge on any atom is 0.303 e. The van der Waals surface area contributed by atoms with E-state index >= 15 is 0 Å². The van der Waals surface area contributed by atoms with E-state index in [1.807, 2.05) is 0 Å². The van der Waals surface area contributed by atoms with Gasteiger partial charge < -0.3 is 9.84 Å². The zero-order valence-electron chi connectivity index (χ0n) is 22.2. The van der Waals surface area contributed by atoms with Crippen molar-refractivity contribution in [3.63, 3.8) is 0 Å². The van der Waals surface area contributed by atoms with Crippen LogP contribution in [0.3, 0.4) is 0 Å². The largest absolute Gasteiger partial charge is 0.458 e. The van der Waals surface area contributed by atoms with Crippen molar-refractivity contribution in [2.24, 2.45) is 46.3 Å². The fourth-order valence-electron chi connectivity index (χ4n) is 8.55. The van der Waals surface area contributed by atoms with Gasteiger partial charge in [0.2, 0.25) is 0 Å². The number of ether oxygens (including phenoxy) is 1. The van der Waals surface area contributed by atoms with Crippen molar-refractivity contribution in [3.05, 3.63) is 23.8 Å². The Labute approximate surface area is 202 Å². The van der Waals surface area contributed by atoms with Gasteiger partial charge in [-0.3, -0.25) is 4.79 Å². The molecule has 0 aromatic heterocycles. The van der Waals surface area contributed by atoms with E-state index in [1.54, 1.807) is 5.57 Å². The smallest absolute Gasteiger partial charge is 0.303 e. The van der Waals surface area contributed by atoms with Crippen LogP contribution in [-0.2, 0) is 9.53 Å². The minimum absolute atomic E-state index is 0.0698. The summed E-state index contributed by atoms with van der Waals surface area (Å²) in [6.45, 7) is 15.9. The van der Waals surface area contributed by atoms with Crippen LogP contribution in [0.25, 0.3) is 0 Å². The normalized spacial score (nSPS) is 44.6. The fraction of sp³-hybridized carbons (Fsp3) is 0.833. The van der Waals surface area contributed by atoms with E-state index < -0.39 is 5.60 Å². The molecule has 4 aliphatic carbocycles. The van der Waals surface area contributed by atoms with E-state index in [0.29, 0.717) is 41.4 Å². The van der Waals surface area contributed by atoms with E-state index in [-0.39, 0.29) is 17.5 Å². The molecule has 3 saturated carbocycles. The van der Waals surface area contributed by atoms with Gasteiger partial charge in [0.15, 0.2) is 0 Å². The molecule has 9 atom stereocenters. The molecule has 4 aliphatic rings. The van der Waals surface area contributed by atoms with Crippen molar-refractivity contribution in [2.45, 2.75) is 112 Å². The van der Waals surface area contributed by atoms with Gasteiger partial charge in [-0.2, -0.15) is 0 Å². The molecule has 0 spiro atoms. The van der Waals surface area contributed by atoms with Gasteiger partial charge in [-0.1, -0.05) is 65.3 Å². The van der Waals surface area contributed by atoms with E-state index in [4.69, 9.17) is 4.74 Å². The Morgan fingerprint density at radius 3 is 2.45 bits per heavy atom. The average Bonchev–Trinajstić information content (AvgIpc) is 3.09. The van der Waals surface area contributed by atoms with Crippen molar-refractivity contribution >= 4 is 5.97 Å². The minimum atomic E-state index is -0.542. The summed E-state index contributed by atoms with van der Waals surface area (Å²) in [6, 6.07) is 0. The molecule has 0 radical (unpaired) electrons. The molecule has 0 amide bonds. The number of allylic oxidation sites excluding steroid dienone is 3. The molecular formula is C30H48O3. The lowest BCUT2D eigenvalue weighted by Crippen LogP contribution is -2.61. The Balaban J connectivity index is 1.61. The molecule has 0 aliphatic heterocycles. The lowest BCUT2D eigenvalue weighted by molar-refractivity contribution is -0.205. The monoisotopic (exact) mass is 456 g/mol. The van der Waals surface area contributed by atoms with Crippen LogP contribution < -0.4 is 0 Å². The minimum Gasteiger partial charge on any atom is -0.458 e. The number of fused-ring (bicyclic) bond motifs is 5. The van der Waals surface area contributed by atoms with Gasteiger partial charge in [0.05, 0.1) is 6.10 Å². The first-order valence-electron chi connectivity index (χ1n) is 13.7. The summed E-state index contributed by atoms with van der Waals surface area (Å²) >= 11 is 0. The molecule has 0 heterocycles. The van der Waals surface area contributed by atoms with Gasteiger partial charge in [0.25, 0.3) is 0 Å². The highest BCUT2D eigenvalue weighted by Crippen LogP contribution is 2.68. The van der Waals surface area contributed by atoms with Crippen molar-refractivity contribution in [1.29, 1.82) is 0 Å². The molecule has 186 valence electrons. The van der Waals surface area contributed by atoms with E-state index in [2.05, 4.69) is 59.8 Å². The Bertz CT molecular complexity index is 811. The highest BCUT2D eigenvalue weighted by molar-refractivity contribution is 5.67. The molecule has 4 rings (SSSR count). The SMILES string of the molecule is CC(=O)O[C@@]12CC=C3[C@@H]4CC[C@H]([C@H](C)/C=C/[C@H](C)C(C)C)[C@]4(C)CC[C@@H]3[C@@]1(C)CC[C@@H](O)C2. The number of aliphatic hydroxyl groups is 1. The van der Waals surface area contributed by atoms with Crippen molar-refractivity contribution < 1.29 is 14.6 Å². The third-order valence-electron chi connectivity index (χ3n) is 11.0. The molecule has 0 aromatic carbocycles. The zero-order chi connectivity index (χ0) is 24.2. The average molecular weight is 457 g/mol. The topological polar surface area (TPSA) is 46.5 Å². The van der Waals surface area contributed by atoms with E-state index in [0.717, 1.165) is 25.2 Å². The molecule has 0 unspecified atom stereocenters. The van der Waals surface area contributed by atoms with Crippen LogP contribution in [0.4, 0.5) is 0 Å². The number of carbonyl (C=O) groups is 1. The van der Waals surface area contributed by atoms with E-state index in [9.17, 15) is 9.90 Å². The number of carbonyl (C=O) groups excluding carboxylic acids is 1. The second-order valence-corrected chi connectivity index (χ2v) is 13.0. The summed E-state index contributed by atoms with van der Waals surface area (Å²) in [5.41, 5.74) is 1.41. The van der Waals surface area contributed by atoms with Gasteiger partial charge in [0.1, 0.15) is 5.60 Å². The lowest BCUT2D eigenvalue weighted by atomic mass is 9.46. The summed E-state index contributed by atoms with van der Waals surface area (Å²) in [5, 5.41) is 10.5. The second-order valence-electron chi connectivity index (χ2n) is 13.0. The first-order chi connectivity index (χ1) is 15.4. The third-order valence-corrected chi connectivity index (χ3v) is 11.0. The van der Waals surface area contributed by atoms with Crippen LogP contribution >= 0.6 is 0 Å². The predicted molar refractivity (Wildman–Crippen MR) is 135 cm³/mol. The predicted octanol–water partition coefficient (Wildman–Crippen LogP) is 7.10. The Morgan fingerprint density at radius 2 is 1.79 bits per heavy atom. The standard InChI is InChI=1S/C30H48O3/c1-19(2)20(3)8-9-21(4)25-10-11-26-24-13-17-30(33-22(5)31)18-23(32)12-16-29(30,7)27(24)14-15-28(25,26)6/h8-9,13,19-21,23,25-27,32H,10-12,14-18H2,1-7H3/b9-8+/t20-,21+,23+,25+,26-,27-,28-,29+,30+/m0/s1. The lowest BCUT2D eigenvalue weighted by Gasteiger charge is -2.61. The van der Waals surface area contributed by atoms with E-state index in [1.165, 1.54) is 32.6 Å². The highest BCUT2D eigenvalue weighted by Gasteiger charge is 2.64. The zero-order valence-corrected chi connectivity index (χ0v) is 22.2. The van der Waals surface area contributed by atoms with Crippen LogP contribution in [-0.4, -0.2) is 22.8 Å². The van der Waals surface area contributed by atoms with Gasteiger partial charge in [-0.15, -0.1) is 0 Å². The third kappa shape index (κ3) is 4.05. The molecule has 0 bridgehead atoms. The number of hydrogen-bond acceptors (Lipinski definition) is 3. The highest BCUT2D eigenvalue weighted by atomic mass is 16.6. The summed E-state index contributed by atoms with van der Waals surface area (Å²) in [4.78, 5) is 12.1. The molecule has 3 heteroatoms. The molecule has 0 saturated heterocycles. The van der Waals surface area contributed by atoms with Gasteiger partial charge >= 0.3 is 5.97 Å². The second kappa shape index (κ2) is 8.85. The van der Waals surface area contributed by atoms with Crippen LogP contribution in [0, 0.1) is 46.3 Å². The molecule has 3 fully saturated rings. The first kappa shape index (κ1) is 25.0. The van der Waals surface area contributed by atoms with Crippen molar-refractivity contribution in [2.75, 3.05) is 0 Å². The molecular weight excluding hydrogens is 408 g/mol. The number of esters is 1. The Kier molecular flexibility index (Phi) is 6.71. The molecule has 0 aromatic rings. The summed E-state index contributed by atoms with van der Waals surface area (Å²) in [7, 11) is 0. The summed E-state index contributed by atoms with van der Waals surface area (Å²) in [5.74, 6) is 3.59. The van der Waals surface area contributed by atoms with Gasteiger partial charge in [-0.05, 0) is 79.4 Å². The maximum atomic E-state index is 12.1. The maximum absolute atomic E-state index is 12.1. The quantitative estimate of drug-likeness (QED) is 0.354. The van der Waals surface area contributed by atoms with Crippen LogP contribution in [0.5, 0.6) is 0 Å². The van der Waals surface area contributed by atoms with Crippen molar-refractivity contribution in [1.82, 2.24) is 0 Å². The number of aliphatic hydroxyl groups excluding tert-OH is 1. The number of hydrogen-bond donors (Lipinski definition) is 1. The Hall–Kier alpha value is -1.09. The molecule has 3 nitrogen and oxygen atoms in total. The van der Waals surface area contributed by atoms with Gasteiger partial charge in [0, 0.05) is 25.2 Å². The summed E-state index contributed by atoms with van der Waals surface area (Å²) in [6.07, 6.45) is 15.2. The summed E-state index contributed by atoms with van der Waals surface area (Å²) < 4.78 is 6.12.